The van der Waals surface area contributed by atoms with Crippen molar-refractivity contribution in [2.75, 3.05) is 25.1 Å². The summed E-state index contributed by atoms with van der Waals surface area (Å²) in [4.78, 5) is 12.4. The Hall–Kier alpha value is -2.08. The van der Waals surface area contributed by atoms with Crippen LogP contribution in [0.25, 0.3) is 5.69 Å². The number of nitrogens with zero attached hydrogens (tertiary/aromatic N) is 3. The molecule has 0 aromatic carbocycles. The van der Waals surface area contributed by atoms with E-state index in [2.05, 4.69) is 10.4 Å². The molecular formula is C15H20N4O2. The summed E-state index contributed by atoms with van der Waals surface area (Å²) in [5, 5.41) is 7.43. The maximum absolute atomic E-state index is 12.4. The molecule has 1 fully saturated rings. The van der Waals surface area contributed by atoms with Crippen LogP contribution in [0.3, 0.4) is 0 Å². The van der Waals surface area contributed by atoms with Gasteiger partial charge in [0.05, 0.1) is 18.5 Å². The van der Waals surface area contributed by atoms with Crippen molar-refractivity contribution < 1.29 is 4.74 Å². The van der Waals surface area contributed by atoms with Crippen molar-refractivity contribution in [1.29, 1.82) is 0 Å². The molecule has 1 saturated heterocycles. The van der Waals surface area contributed by atoms with E-state index in [0.29, 0.717) is 11.6 Å². The van der Waals surface area contributed by atoms with Gasteiger partial charge in [0.15, 0.2) is 0 Å². The molecule has 1 N–H and O–H groups in total. The molecule has 2 aromatic heterocycles. The average Bonchev–Trinajstić information content (AvgIpc) is 3.14. The first-order valence-electron chi connectivity index (χ1n) is 7.34. The minimum atomic E-state index is -0.0527. The highest BCUT2D eigenvalue weighted by Crippen LogP contribution is 2.15. The highest BCUT2D eigenvalue weighted by atomic mass is 16.5. The van der Waals surface area contributed by atoms with Gasteiger partial charge in [0.2, 0.25) is 0 Å². The fourth-order valence-corrected chi connectivity index (χ4v) is 2.59. The summed E-state index contributed by atoms with van der Waals surface area (Å²) < 4.78 is 8.89. The number of nitrogens with one attached hydrogen (secondary N) is 1. The van der Waals surface area contributed by atoms with Gasteiger partial charge in [0.1, 0.15) is 5.69 Å². The number of anilines is 1. The maximum Gasteiger partial charge on any atom is 0.278 e. The van der Waals surface area contributed by atoms with E-state index < -0.39 is 0 Å². The summed E-state index contributed by atoms with van der Waals surface area (Å²) >= 11 is 0. The first kappa shape index (κ1) is 13.9. The van der Waals surface area contributed by atoms with Gasteiger partial charge in [-0.1, -0.05) is 0 Å². The van der Waals surface area contributed by atoms with Crippen molar-refractivity contribution in [1.82, 2.24) is 14.3 Å². The Morgan fingerprint density at radius 1 is 1.52 bits per heavy atom. The Morgan fingerprint density at radius 3 is 3.19 bits per heavy atom. The molecule has 1 unspecified atom stereocenters. The van der Waals surface area contributed by atoms with E-state index in [4.69, 9.17) is 4.74 Å². The lowest BCUT2D eigenvalue weighted by atomic mass is 10.1. The van der Waals surface area contributed by atoms with E-state index in [9.17, 15) is 4.79 Å². The second kappa shape index (κ2) is 6.13. The molecule has 112 valence electrons. The number of aromatic nitrogens is 3. The molecule has 3 rings (SSSR count). The van der Waals surface area contributed by atoms with Crippen LogP contribution in [0.5, 0.6) is 0 Å². The molecule has 1 aliphatic rings. The first-order chi connectivity index (χ1) is 10.3. The molecule has 0 radical (unpaired) electrons. The van der Waals surface area contributed by atoms with Crippen LogP contribution in [0.4, 0.5) is 5.69 Å². The lowest BCUT2D eigenvalue weighted by molar-refractivity contribution is 0.181. The summed E-state index contributed by atoms with van der Waals surface area (Å²) in [7, 11) is 0. The third kappa shape index (κ3) is 3.00. The molecule has 0 aliphatic carbocycles. The minimum absolute atomic E-state index is 0.0527. The third-order valence-electron chi connectivity index (χ3n) is 3.68. The predicted molar refractivity (Wildman–Crippen MR) is 80.9 cm³/mol. The number of hydrogen-bond donors (Lipinski definition) is 1. The zero-order valence-corrected chi connectivity index (χ0v) is 12.2. The predicted octanol–water partition coefficient (Wildman–Crippen LogP) is 1.50. The van der Waals surface area contributed by atoms with Crippen LogP contribution in [0.15, 0.2) is 35.5 Å². The highest BCUT2D eigenvalue weighted by molar-refractivity contribution is 5.43. The Bertz CT molecular complexity index is 656. The Morgan fingerprint density at radius 2 is 2.43 bits per heavy atom. The summed E-state index contributed by atoms with van der Waals surface area (Å²) in [6.45, 7) is 5.16. The molecule has 2 aromatic rings. The van der Waals surface area contributed by atoms with Gasteiger partial charge in [0, 0.05) is 38.0 Å². The fraction of sp³-hybridized carbons (Fsp3) is 0.467. The van der Waals surface area contributed by atoms with Crippen molar-refractivity contribution in [2.24, 2.45) is 5.92 Å². The Balaban J connectivity index is 1.82. The topological polar surface area (TPSA) is 61.1 Å². The summed E-state index contributed by atoms with van der Waals surface area (Å²) in [6.07, 6.45) is 6.48. The van der Waals surface area contributed by atoms with Gasteiger partial charge in [-0.3, -0.25) is 14.0 Å². The number of ether oxygens (including phenoxy) is 1. The Kier molecular flexibility index (Phi) is 4.06. The van der Waals surface area contributed by atoms with Gasteiger partial charge in [-0.25, -0.2) is 0 Å². The minimum Gasteiger partial charge on any atom is -0.381 e. The van der Waals surface area contributed by atoms with Crippen molar-refractivity contribution in [3.05, 3.63) is 41.1 Å². The molecule has 0 spiro atoms. The zero-order valence-electron chi connectivity index (χ0n) is 12.2. The van der Waals surface area contributed by atoms with Gasteiger partial charge in [-0.2, -0.15) is 5.10 Å². The molecule has 6 heteroatoms. The molecule has 1 aliphatic heterocycles. The normalized spacial score (nSPS) is 18.0. The summed E-state index contributed by atoms with van der Waals surface area (Å²) in [5.74, 6) is 0.516. The van der Waals surface area contributed by atoms with Gasteiger partial charge in [0.25, 0.3) is 5.56 Å². The molecule has 0 saturated carbocycles. The highest BCUT2D eigenvalue weighted by Gasteiger charge is 2.16. The van der Waals surface area contributed by atoms with Crippen molar-refractivity contribution in [2.45, 2.75) is 19.9 Å². The lowest BCUT2D eigenvalue weighted by Gasteiger charge is -2.08. The van der Waals surface area contributed by atoms with Crippen LogP contribution in [-0.4, -0.2) is 34.1 Å². The standard InChI is InChI=1S/C15H20N4O2/c1-2-16-14-4-3-6-19(15(14)20)13-8-17-18(10-13)9-12-5-7-21-11-12/h3-4,6,8,10,12,16H,2,5,7,9,11H2,1H3. The molecule has 6 nitrogen and oxygen atoms in total. The van der Waals surface area contributed by atoms with Gasteiger partial charge >= 0.3 is 0 Å². The van der Waals surface area contributed by atoms with Gasteiger partial charge in [-0.05, 0) is 25.5 Å². The quantitative estimate of drug-likeness (QED) is 0.906. The van der Waals surface area contributed by atoms with Crippen LogP contribution >= 0.6 is 0 Å². The van der Waals surface area contributed by atoms with Crippen LogP contribution in [-0.2, 0) is 11.3 Å². The molecule has 3 heterocycles. The monoisotopic (exact) mass is 288 g/mol. The molecular weight excluding hydrogens is 268 g/mol. The molecule has 0 amide bonds. The van der Waals surface area contributed by atoms with E-state index in [-0.39, 0.29) is 5.56 Å². The van der Waals surface area contributed by atoms with Crippen LogP contribution < -0.4 is 10.9 Å². The molecule has 1 atom stereocenters. The third-order valence-corrected chi connectivity index (χ3v) is 3.68. The van der Waals surface area contributed by atoms with E-state index in [1.807, 2.05) is 23.9 Å². The number of hydrogen-bond acceptors (Lipinski definition) is 4. The largest absolute Gasteiger partial charge is 0.381 e. The maximum atomic E-state index is 12.4. The van der Waals surface area contributed by atoms with E-state index in [1.165, 1.54) is 0 Å². The smallest absolute Gasteiger partial charge is 0.278 e. The second-order valence-corrected chi connectivity index (χ2v) is 5.28. The van der Waals surface area contributed by atoms with Gasteiger partial charge in [-0.15, -0.1) is 0 Å². The van der Waals surface area contributed by atoms with Crippen molar-refractivity contribution >= 4 is 5.69 Å². The molecule has 21 heavy (non-hydrogen) atoms. The Labute approximate surface area is 123 Å². The van der Waals surface area contributed by atoms with Crippen molar-refractivity contribution in [3.8, 4) is 5.69 Å². The zero-order chi connectivity index (χ0) is 14.7. The molecule has 0 bridgehead atoms. The van der Waals surface area contributed by atoms with E-state index in [1.54, 1.807) is 23.0 Å². The van der Waals surface area contributed by atoms with Crippen LogP contribution in [0, 0.1) is 5.92 Å². The second-order valence-electron chi connectivity index (χ2n) is 5.28. The summed E-state index contributed by atoms with van der Waals surface area (Å²) in [6, 6.07) is 3.66. The number of pyridine rings is 1. The lowest BCUT2D eigenvalue weighted by Crippen LogP contribution is -2.21. The van der Waals surface area contributed by atoms with Crippen LogP contribution in [0.2, 0.25) is 0 Å². The van der Waals surface area contributed by atoms with E-state index in [0.717, 1.165) is 38.4 Å². The SMILES string of the molecule is CCNc1cccn(-c2cnn(CC3CCOC3)c2)c1=O. The van der Waals surface area contributed by atoms with Crippen molar-refractivity contribution in [3.63, 3.8) is 0 Å². The van der Waals surface area contributed by atoms with Crippen LogP contribution in [0.1, 0.15) is 13.3 Å². The fourth-order valence-electron chi connectivity index (χ4n) is 2.59. The van der Waals surface area contributed by atoms with Gasteiger partial charge < -0.3 is 10.1 Å². The number of rotatable bonds is 5. The average molecular weight is 288 g/mol. The van der Waals surface area contributed by atoms with E-state index >= 15 is 0 Å². The first-order valence-corrected chi connectivity index (χ1v) is 7.34. The summed E-state index contributed by atoms with van der Waals surface area (Å²) in [5.41, 5.74) is 1.35.